The van der Waals surface area contributed by atoms with Crippen LogP contribution in [0.15, 0.2) is 66.9 Å². The molecule has 0 bridgehead atoms. The van der Waals surface area contributed by atoms with Gasteiger partial charge in [-0.1, -0.05) is 26.2 Å². The average Bonchev–Trinajstić information content (AvgIpc) is 3.56. The van der Waals surface area contributed by atoms with Crippen molar-refractivity contribution in [3.8, 4) is 43.9 Å². The molecular formula is C29H32N2O4S. The Kier molecular flexibility index (Phi) is 8.79. The number of nitrogens with zero attached hydrogens (tertiary/aromatic N) is 2. The Balaban J connectivity index is 1.62. The number of hydrogen-bond donors (Lipinski definition) is 0. The highest BCUT2D eigenvalue weighted by Gasteiger charge is 2.19. The Bertz CT molecular complexity index is 1190. The molecular weight excluding hydrogens is 472 g/mol. The number of carbonyl (C=O) groups excluding carboxylic acids is 1. The van der Waals surface area contributed by atoms with Gasteiger partial charge in [-0.15, -0.1) is 11.3 Å². The molecule has 2 heterocycles. The Morgan fingerprint density at radius 2 is 1.56 bits per heavy atom. The summed E-state index contributed by atoms with van der Waals surface area (Å²) >= 11 is 1.60. The van der Waals surface area contributed by atoms with Crippen LogP contribution in [0.25, 0.3) is 32.4 Å². The van der Waals surface area contributed by atoms with Crippen molar-refractivity contribution in [2.45, 2.75) is 39.2 Å². The summed E-state index contributed by atoms with van der Waals surface area (Å²) < 4.78 is 18.0. The number of hydrogen-bond acceptors (Lipinski definition) is 6. The minimum absolute atomic E-state index is 0.158. The van der Waals surface area contributed by atoms with Gasteiger partial charge < -0.3 is 18.8 Å². The first-order valence-electron chi connectivity index (χ1n) is 12.2. The summed E-state index contributed by atoms with van der Waals surface area (Å²) in [6.45, 7) is 2.79. The van der Waals surface area contributed by atoms with Crippen molar-refractivity contribution in [3.05, 3.63) is 66.9 Å². The van der Waals surface area contributed by atoms with E-state index in [4.69, 9.17) is 19.2 Å². The quantitative estimate of drug-likeness (QED) is 0.152. The standard InChI is InChI=1S/C29H32N2O4S/c1-4-5-6-7-19-35-26(32)20-31-18-8-9-25(31)29-30-27(21-10-14-23(33-2)15-11-21)28(36-29)22-12-16-24(34-3)17-13-22/h8-18H,4-7,19-20H2,1-3H3. The van der Waals surface area contributed by atoms with E-state index in [-0.39, 0.29) is 12.5 Å². The maximum atomic E-state index is 12.5. The van der Waals surface area contributed by atoms with Gasteiger partial charge in [0, 0.05) is 11.8 Å². The lowest BCUT2D eigenvalue weighted by Crippen LogP contribution is -2.14. The van der Waals surface area contributed by atoms with E-state index >= 15 is 0 Å². The fourth-order valence-corrected chi connectivity index (χ4v) is 5.09. The first-order valence-corrected chi connectivity index (χ1v) is 13.1. The monoisotopic (exact) mass is 504 g/mol. The van der Waals surface area contributed by atoms with Crippen LogP contribution >= 0.6 is 11.3 Å². The second kappa shape index (κ2) is 12.4. The Morgan fingerprint density at radius 3 is 2.19 bits per heavy atom. The van der Waals surface area contributed by atoms with Crippen LogP contribution in [-0.4, -0.2) is 36.3 Å². The largest absolute Gasteiger partial charge is 0.497 e. The van der Waals surface area contributed by atoms with Crippen molar-refractivity contribution in [3.63, 3.8) is 0 Å². The zero-order chi connectivity index (χ0) is 25.3. The number of rotatable bonds is 12. The minimum Gasteiger partial charge on any atom is -0.497 e. The summed E-state index contributed by atoms with van der Waals surface area (Å²) in [5.41, 5.74) is 3.82. The minimum atomic E-state index is -0.230. The summed E-state index contributed by atoms with van der Waals surface area (Å²) in [7, 11) is 3.32. The third kappa shape index (κ3) is 6.15. The molecule has 0 amide bonds. The van der Waals surface area contributed by atoms with Crippen LogP contribution in [0, 0.1) is 0 Å². The molecule has 0 atom stereocenters. The second-order valence-corrected chi connectivity index (χ2v) is 9.46. The topological polar surface area (TPSA) is 62.6 Å². The van der Waals surface area contributed by atoms with E-state index in [1.54, 1.807) is 25.6 Å². The highest BCUT2D eigenvalue weighted by molar-refractivity contribution is 7.18. The Morgan fingerprint density at radius 1 is 0.889 bits per heavy atom. The highest BCUT2D eigenvalue weighted by atomic mass is 32.1. The Labute approximate surface area is 216 Å². The van der Waals surface area contributed by atoms with Crippen molar-refractivity contribution in [1.29, 1.82) is 0 Å². The fraction of sp³-hybridized carbons (Fsp3) is 0.310. The third-order valence-electron chi connectivity index (χ3n) is 5.95. The van der Waals surface area contributed by atoms with Gasteiger partial charge >= 0.3 is 5.97 Å². The summed E-state index contributed by atoms with van der Waals surface area (Å²) in [5, 5.41) is 0.840. The van der Waals surface area contributed by atoms with E-state index in [0.717, 1.165) is 69.6 Å². The summed E-state index contributed by atoms with van der Waals surface area (Å²) in [4.78, 5) is 18.6. The molecule has 4 aromatic rings. The molecule has 7 heteroatoms. The van der Waals surface area contributed by atoms with Gasteiger partial charge in [-0.25, -0.2) is 4.98 Å². The van der Waals surface area contributed by atoms with Gasteiger partial charge in [0.15, 0.2) is 0 Å². The average molecular weight is 505 g/mol. The smallest absolute Gasteiger partial charge is 0.325 e. The van der Waals surface area contributed by atoms with E-state index < -0.39 is 0 Å². The van der Waals surface area contributed by atoms with E-state index in [1.165, 1.54) is 0 Å². The van der Waals surface area contributed by atoms with Crippen LogP contribution in [0.5, 0.6) is 11.5 Å². The van der Waals surface area contributed by atoms with Crippen molar-refractivity contribution < 1.29 is 19.0 Å². The second-order valence-electron chi connectivity index (χ2n) is 8.46. The zero-order valence-electron chi connectivity index (χ0n) is 21.0. The van der Waals surface area contributed by atoms with Crippen LogP contribution in [0.3, 0.4) is 0 Å². The van der Waals surface area contributed by atoms with Crippen molar-refractivity contribution in [2.75, 3.05) is 20.8 Å². The van der Waals surface area contributed by atoms with Crippen LogP contribution in [0.2, 0.25) is 0 Å². The van der Waals surface area contributed by atoms with E-state index in [9.17, 15) is 4.79 Å². The molecule has 0 unspecified atom stereocenters. The van der Waals surface area contributed by atoms with Crippen LogP contribution < -0.4 is 9.47 Å². The van der Waals surface area contributed by atoms with Gasteiger partial charge in [0.1, 0.15) is 23.1 Å². The van der Waals surface area contributed by atoms with Crippen LogP contribution in [-0.2, 0) is 16.1 Å². The molecule has 0 aliphatic heterocycles. The number of ether oxygens (including phenoxy) is 3. The number of unbranched alkanes of at least 4 members (excludes halogenated alkanes) is 3. The lowest BCUT2D eigenvalue weighted by Gasteiger charge is -2.08. The molecule has 2 aromatic heterocycles. The lowest BCUT2D eigenvalue weighted by atomic mass is 10.1. The summed E-state index contributed by atoms with van der Waals surface area (Å²) in [6.07, 6.45) is 6.21. The molecule has 0 N–H and O–H groups in total. The number of methoxy groups -OCH3 is 2. The predicted octanol–water partition coefficient (Wildman–Crippen LogP) is 7.09. The molecule has 0 saturated heterocycles. The van der Waals surface area contributed by atoms with E-state index in [2.05, 4.69) is 6.92 Å². The number of esters is 1. The fourth-order valence-electron chi connectivity index (χ4n) is 3.96. The molecule has 188 valence electrons. The molecule has 0 aliphatic carbocycles. The van der Waals surface area contributed by atoms with E-state index in [1.807, 2.05) is 71.4 Å². The maximum absolute atomic E-state index is 12.5. The van der Waals surface area contributed by atoms with Crippen LogP contribution in [0.4, 0.5) is 0 Å². The zero-order valence-corrected chi connectivity index (χ0v) is 21.8. The summed E-state index contributed by atoms with van der Waals surface area (Å²) in [5.74, 6) is 1.37. The molecule has 0 radical (unpaired) electrons. The van der Waals surface area contributed by atoms with Crippen molar-refractivity contribution >= 4 is 17.3 Å². The molecule has 0 saturated carbocycles. The highest BCUT2D eigenvalue weighted by Crippen LogP contribution is 2.41. The third-order valence-corrected chi connectivity index (χ3v) is 7.08. The van der Waals surface area contributed by atoms with Crippen LogP contribution in [0.1, 0.15) is 32.6 Å². The molecule has 0 aliphatic rings. The van der Waals surface area contributed by atoms with Gasteiger partial charge in [0.2, 0.25) is 0 Å². The van der Waals surface area contributed by atoms with Crippen molar-refractivity contribution in [2.24, 2.45) is 0 Å². The molecule has 2 aromatic carbocycles. The number of benzene rings is 2. The number of aromatic nitrogens is 2. The first-order chi connectivity index (χ1) is 17.6. The lowest BCUT2D eigenvalue weighted by molar-refractivity contribution is -0.144. The van der Waals surface area contributed by atoms with E-state index in [0.29, 0.717) is 6.61 Å². The molecule has 6 nitrogen and oxygen atoms in total. The number of carbonyl (C=O) groups is 1. The van der Waals surface area contributed by atoms with Gasteiger partial charge in [0.05, 0.1) is 37.1 Å². The Hall–Kier alpha value is -3.58. The number of thiazole rings is 1. The predicted molar refractivity (Wildman–Crippen MR) is 145 cm³/mol. The maximum Gasteiger partial charge on any atom is 0.325 e. The molecule has 0 spiro atoms. The van der Waals surface area contributed by atoms with Gasteiger partial charge in [0.25, 0.3) is 0 Å². The first kappa shape index (κ1) is 25.5. The van der Waals surface area contributed by atoms with Crippen molar-refractivity contribution in [1.82, 2.24) is 9.55 Å². The summed E-state index contributed by atoms with van der Waals surface area (Å²) in [6, 6.07) is 19.8. The SMILES string of the molecule is CCCCCCOC(=O)Cn1cccc1-c1nc(-c2ccc(OC)cc2)c(-c2ccc(OC)cc2)s1. The molecule has 0 fully saturated rings. The van der Waals surface area contributed by atoms with Gasteiger partial charge in [-0.05, 0) is 72.6 Å². The molecule has 36 heavy (non-hydrogen) atoms. The van der Waals surface area contributed by atoms with Gasteiger partial charge in [-0.2, -0.15) is 0 Å². The normalized spacial score (nSPS) is 10.9. The van der Waals surface area contributed by atoms with Gasteiger partial charge in [-0.3, -0.25) is 4.79 Å². The molecule has 4 rings (SSSR count).